The molecular formula is C16H29ClN2O. The second-order valence-electron chi connectivity index (χ2n) is 7.13. The van der Waals surface area contributed by atoms with Gasteiger partial charge in [0.05, 0.1) is 0 Å². The predicted molar refractivity (Wildman–Crippen MR) is 84.1 cm³/mol. The quantitative estimate of drug-likeness (QED) is 0.850. The van der Waals surface area contributed by atoms with Crippen molar-refractivity contribution in [2.45, 2.75) is 51.9 Å². The number of amides is 1. The smallest absolute Gasteiger partial charge is 0.225 e. The molecular weight excluding hydrogens is 272 g/mol. The Morgan fingerprint density at radius 3 is 2.40 bits per heavy atom. The fourth-order valence-electron chi connectivity index (χ4n) is 4.26. The lowest BCUT2D eigenvalue weighted by molar-refractivity contribution is -0.141. The fourth-order valence-corrected chi connectivity index (χ4v) is 4.26. The maximum atomic E-state index is 12.7. The molecule has 0 aromatic carbocycles. The van der Waals surface area contributed by atoms with Crippen molar-refractivity contribution in [3.05, 3.63) is 0 Å². The summed E-state index contributed by atoms with van der Waals surface area (Å²) >= 11 is 0. The van der Waals surface area contributed by atoms with E-state index >= 15 is 0 Å². The average Bonchev–Trinajstić information content (AvgIpc) is 2.37. The predicted octanol–water partition coefficient (Wildman–Crippen LogP) is 2.84. The first-order valence-corrected chi connectivity index (χ1v) is 8.20. The number of likely N-dealkylation sites (tertiary alicyclic amines) is 1. The van der Waals surface area contributed by atoms with Crippen molar-refractivity contribution in [2.75, 3.05) is 26.2 Å². The lowest BCUT2D eigenvalue weighted by Crippen LogP contribution is -2.53. The fraction of sp³-hybridized carbons (Fsp3) is 0.938. The van der Waals surface area contributed by atoms with E-state index < -0.39 is 0 Å². The van der Waals surface area contributed by atoms with Crippen LogP contribution in [0, 0.1) is 17.3 Å². The van der Waals surface area contributed by atoms with Crippen LogP contribution in [0.15, 0.2) is 0 Å². The third-order valence-corrected chi connectivity index (χ3v) is 5.80. The van der Waals surface area contributed by atoms with E-state index in [4.69, 9.17) is 0 Å². The Labute approximate surface area is 129 Å². The molecule has 2 heterocycles. The van der Waals surface area contributed by atoms with Crippen LogP contribution in [0.25, 0.3) is 0 Å². The number of rotatable bonds is 2. The zero-order valence-electron chi connectivity index (χ0n) is 12.7. The highest BCUT2D eigenvalue weighted by Gasteiger charge is 2.40. The molecule has 2 saturated heterocycles. The van der Waals surface area contributed by atoms with Crippen LogP contribution < -0.4 is 5.32 Å². The molecule has 0 aromatic rings. The van der Waals surface area contributed by atoms with E-state index in [9.17, 15) is 4.79 Å². The Kier molecular flexibility index (Phi) is 5.36. The maximum Gasteiger partial charge on any atom is 0.225 e. The van der Waals surface area contributed by atoms with Crippen molar-refractivity contribution in [1.29, 1.82) is 0 Å². The first-order chi connectivity index (χ1) is 9.20. The molecule has 2 aliphatic heterocycles. The van der Waals surface area contributed by atoms with Gasteiger partial charge in [0.2, 0.25) is 5.91 Å². The van der Waals surface area contributed by atoms with Crippen LogP contribution in [0.1, 0.15) is 51.9 Å². The number of halogens is 1. The monoisotopic (exact) mass is 300 g/mol. The molecule has 20 heavy (non-hydrogen) atoms. The second kappa shape index (κ2) is 6.65. The van der Waals surface area contributed by atoms with Gasteiger partial charge in [-0.3, -0.25) is 4.79 Å². The molecule has 3 nitrogen and oxygen atoms in total. The molecule has 0 aromatic heterocycles. The summed E-state index contributed by atoms with van der Waals surface area (Å²) in [5, 5.41) is 3.29. The molecule has 1 amide bonds. The molecule has 1 spiro atoms. The van der Waals surface area contributed by atoms with Gasteiger partial charge in [0.1, 0.15) is 0 Å². The lowest BCUT2D eigenvalue weighted by Gasteiger charge is -2.46. The number of nitrogens with one attached hydrogen (secondary N) is 1. The molecule has 0 bridgehead atoms. The van der Waals surface area contributed by atoms with Crippen LogP contribution in [0.3, 0.4) is 0 Å². The highest BCUT2D eigenvalue weighted by Crippen LogP contribution is 2.43. The van der Waals surface area contributed by atoms with Crippen molar-refractivity contribution < 1.29 is 4.79 Å². The summed E-state index contributed by atoms with van der Waals surface area (Å²) in [7, 11) is 0. The van der Waals surface area contributed by atoms with E-state index in [1.807, 2.05) is 0 Å². The average molecular weight is 301 g/mol. The van der Waals surface area contributed by atoms with Crippen molar-refractivity contribution in [3.63, 3.8) is 0 Å². The summed E-state index contributed by atoms with van der Waals surface area (Å²) in [5.74, 6) is 1.23. The Hall–Kier alpha value is -0.280. The summed E-state index contributed by atoms with van der Waals surface area (Å²) in [4.78, 5) is 14.9. The van der Waals surface area contributed by atoms with Crippen molar-refractivity contribution in [2.24, 2.45) is 17.3 Å². The molecule has 116 valence electrons. The van der Waals surface area contributed by atoms with Crippen LogP contribution in [-0.4, -0.2) is 37.0 Å². The van der Waals surface area contributed by atoms with E-state index in [1.165, 1.54) is 44.9 Å². The van der Waals surface area contributed by atoms with Crippen molar-refractivity contribution >= 4 is 18.3 Å². The number of nitrogens with zero attached hydrogens (tertiary/aromatic N) is 1. The summed E-state index contributed by atoms with van der Waals surface area (Å²) in [6.07, 6.45) is 9.46. The van der Waals surface area contributed by atoms with E-state index in [2.05, 4.69) is 17.1 Å². The minimum absolute atomic E-state index is 0. The van der Waals surface area contributed by atoms with E-state index in [0.717, 1.165) is 26.2 Å². The van der Waals surface area contributed by atoms with Gasteiger partial charge in [0.25, 0.3) is 0 Å². The summed E-state index contributed by atoms with van der Waals surface area (Å²) in [6.45, 7) is 6.26. The molecule has 1 N–H and O–H groups in total. The van der Waals surface area contributed by atoms with Gasteiger partial charge in [0, 0.05) is 19.0 Å². The zero-order valence-corrected chi connectivity index (χ0v) is 13.5. The first kappa shape index (κ1) is 16.1. The molecule has 0 radical (unpaired) electrons. The third-order valence-electron chi connectivity index (χ3n) is 5.80. The minimum Gasteiger partial charge on any atom is -0.342 e. The molecule has 4 heteroatoms. The van der Waals surface area contributed by atoms with E-state index in [-0.39, 0.29) is 18.3 Å². The van der Waals surface area contributed by atoms with Gasteiger partial charge < -0.3 is 10.2 Å². The Morgan fingerprint density at radius 2 is 1.80 bits per heavy atom. The first-order valence-electron chi connectivity index (χ1n) is 8.20. The lowest BCUT2D eigenvalue weighted by atomic mass is 9.69. The van der Waals surface area contributed by atoms with Crippen molar-refractivity contribution in [1.82, 2.24) is 10.2 Å². The SMILES string of the molecule is CC(C(=O)N1CCCC2(CCCCC2)C1)C1CNC1.Cl. The van der Waals surface area contributed by atoms with Gasteiger partial charge in [-0.15, -0.1) is 12.4 Å². The van der Waals surface area contributed by atoms with Gasteiger partial charge in [-0.05, 0) is 50.1 Å². The molecule has 3 rings (SSSR count). The topological polar surface area (TPSA) is 32.3 Å². The number of carbonyl (C=O) groups is 1. The third kappa shape index (κ3) is 3.14. The Bertz CT molecular complexity index is 332. The summed E-state index contributed by atoms with van der Waals surface area (Å²) in [5.41, 5.74) is 0.490. The highest BCUT2D eigenvalue weighted by molar-refractivity contribution is 5.85. The number of hydrogen-bond acceptors (Lipinski definition) is 2. The van der Waals surface area contributed by atoms with Gasteiger partial charge >= 0.3 is 0 Å². The van der Waals surface area contributed by atoms with Crippen LogP contribution in [-0.2, 0) is 4.79 Å². The zero-order chi connectivity index (χ0) is 13.3. The Balaban J connectivity index is 0.00000147. The van der Waals surface area contributed by atoms with Gasteiger partial charge in [-0.1, -0.05) is 26.2 Å². The molecule has 1 unspecified atom stereocenters. The van der Waals surface area contributed by atoms with Gasteiger partial charge in [0.15, 0.2) is 0 Å². The molecule has 3 aliphatic rings. The van der Waals surface area contributed by atoms with E-state index in [0.29, 0.717) is 17.2 Å². The molecule has 1 aliphatic carbocycles. The molecule has 1 saturated carbocycles. The van der Waals surface area contributed by atoms with Crippen LogP contribution >= 0.6 is 12.4 Å². The number of hydrogen-bond donors (Lipinski definition) is 1. The molecule has 1 atom stereocenters. The van der Waals surface area contributed by atoms with Gasteiger partial charge in [-0.25, -0.2) is 0 Å². The second-order valence-corrected chi connectivity index (χ2v) is 7.13. The standard InChI is InChI=1S/C16H28N2O.ClH/c1-13(14-10-17-11-14)15(19)18-9-5-8-16(12-18)6-3-2-4-7-16;/h13-14,17H,2-12H2,1H3;1H. The normalized spacial score (nSPS) is 27.6. The largest absolute Gasteiger partial charge is 0.342 e. The molecule has 3 fully saturated rings. The van der Waals surface area contributed by atoms with Crippen molar-refractivity contribution in [3.8, 4) is 0 Å². The maximum absolute atomic E-state index is 12.7. The highest BCUT2D eigenvalue weighted by atomic mass is 35.5. The van der Waals surface area contributed by atoms with Crippen LogP contribution in [0.4, 0.5) is 0 Å². The van der Waals surface area contributed by atoms with Crippen LogP contribution in [0.2, 0.25) is 0 Å². The summed E-state index contributed by atoms with van der Waals surface area (Å²) in [6, 6.07) is 0. The Morgan fingerprint density at radius 1 is 1.15 bits per heavy atom. The summed E-state index contributed by atoms with van der Waals surface area (Å²) < 4.78 is 0. The number of carbonyl (C=O) groups excluding carboxylic acids is 1. The van der Waals surface area contributed by atoms with E-state index in [1.54, 1.807) is 0 Å². The minimum atomic E-state index is 0. The number of piperidine rings is 1. The van der Waals surface area contributed by atoms with Crippen LogP contribution in [0.5, 0.6) is 0 Å². The van der Waals surface area contributed by atoms with Gasteiger partial charge in [-0.2, -0.15) is 0 Å².